The van der Waals surface area contributed by atoms with Gasteiger partial charge in [-0.15, -0.1) is 0 Å². The molecule has 1 aliphatic carbocycles. The Balaban J connectivity index is 1.90. The minimum absolute atomic E-state index is 0.0994. The lowest BCUT2D eigenvalue weighted by molar-refractivity contribution is -0.165. The molecule has 2 atom stereocenters. The summed E-state index contributed by atoms with van der Waals surface area (Å²) in [5.41, 5.74) is 0. The third-order valence-corrected chi connectivity index (χ3v) is 4.21. The summed E-state index contributed by atoms with van der Waals surface area (Å²) < 4.78 is 11.1. The molecule has 120 valence electrons. The van der Waals surface area contributed by atoms with E-state index >= 15 is 0 Å². The molecule has 2 rings (SSSR count). The van der Waals surface area contributed by atoms with E-state index < -0.39 is 18.2 Å². The van der Waals surface area contributed by atoms with Crippen molar-refractivity contribution < 1.29 is 24.2 Å². The first-order valence-corrected chi connectivity index (χ1v) is 7.90. The van der Waals surface area contributed by atoms with E-state index in [0.717, 1.165) is 25.7 Å². The van der Waals surface area contributed by atoms with Gasteiger partial charge in [0.25, 0.3) is 5.91 Å². The molecule has 6 heteroatoms. The highest BCUT2D eigenvalue weighted by Gasteiger charge is 2.33. The summed E-state index contributed by atoms with van der Waals surface area (Å²) in [5.74, 6) is -1.12. The molecule has 1 aliphatic heterocycles. The van der Waals surface area contributed by atoms with Crippen molar-refractivity contribution in [3.05, 3.63) is 0 Å². The highest BCUT2D eigenvalue weighted by Crippen LogP contribution is 2.23. The number of carbonyl (C=O) groups excluding carboxylic acids is 1. The number of nitrogens with zero attached hydrogens (tertiary/aromatic N) is 1. The molecule has 1 amide bonds. The minimum atomic E-state index is -1.02. The maximum absolute atomic E-state index is 12.5. The molecule has 2 fully saturated rings. The summed E-state index contributed by atoms with van der Waals surface area (Å²) in [7, 11) is 0. The van der Waals surface area contributed by atoms with Crippen LogP contribution in [0.1, 0.15) is 45.4 Å². The van der Waals surface area contributed by atoms with Crippen molar-refractivity contribution in [3.63, 3.8) is 0 Å². The van der Waals surface area contributed by atoms with E-state index in [9.17, 15) is 9.59 Å². The Morgan fingerprint density at radius 3 is 2.67 bits per heavy atom. The predicted molar refractivity (Wildman–Crippen MR) is 76.0 cm³/mol. The van der Waals surface area contributed by atoms with Crippen LogP contribution in [0.15, 0.2) is 0 Å². The predicted octanol–water partition coefficient (Wildman–Crippen LogP) is 1.43. The second-order valence-electron chi connectivity index (χ2n) is 5.77. The molecule has 6 nitrogen and oxygen atoms in total. The fraction of sp³-hybridized carbons (Fsp3) is 0.867. The topological polar surface area (TPSA) is 76.1 Å². The van der Waals surface area contributed by atoms with Crippen LogP contribution in [-0.4, -0.2) is 59.9 Å². The highest BCUT2D eigenvalue weighted by molar-refractivity contribution is 5.82. The van der Waals surface area contributed by atoms with Crippen molar-refractivity contribution in [1.82, 2.24) is 4.90 Å². The quantitative estimate of drug-likeness (QED) is 0.831. The third-order valence-electron chi connectivity index (χ3n) is 4.21. The Morgan fingerprint density at radius 2 is 2.05 bits per heavy atom. The number of ether oxygens (including phenoxy) is 2. The average Bonchev–Trinajstić information content (AvgIpc) is 2.53. The zero-order valence-electron chi connectivity index (χ0n) is 12.6. The third kappa shape index (κ3) is 4.41. The molecule has 1 heterocycles. The van der Waals surface area contributed by atoms with Crippen molar-refractivity contribution in [2.75, 3.05) is 19.7 Å². The number of carboxylic acids is 1. The van der Waals surface area contributed by atoms with Crippen LogP contribution < -0.4 is 0 Å². The van der Waals surface area contributed by atoms with E-state index in [1.54, 1.807) is 4.90 Å². The number of carboxylic acid groups (broad SMARTS) is 1. The van der Waals surface area contributed by atoms with Crippen LogP contribution in [0.4, 0.5) is 0 Å². The molecule has 1 saturated carbocycles. The normalized spacial score (nSPS) is 25.6. The van der Waals surface area contributed by atoms with Gasteiger partial charge in [-0.05, 0) is 19.3 Å². The van der Waals surface area contributed by atoms with E-state index in [4.69, 9.17) is 14.6 Å². The van der Waals surface area contributed by atoms with Gasteiger partial charge in [-0.1, -0.05) is 26.2 Å². The number of hydrogen-bond donors (Lipinski definition) is 1. The lowest BCUT2D eigenvalue weighted by Crippen LogP contribution is -2.52. The molecule has 0 spiro atoms. The molecule has 0 bridgehead atoms. The van der Waals surface area contributed by atoms with Crippen molar-refractivity contribution in [2.24, 2.45) is 0 Å². The first-order chi connectivity index (χ1) is 10.1. The maximum atomic E-state index is 12.5. The molecule has 1 N–H and O–H groups in total. The van der Waals surface area contributed by atoms with Gasteiger partial charge in [-0.25, -0.2) is 4.79 Å². The summed E-state index contributed by atoms with van der Waals surface area (Å²) in [6.07, 6.45) is 5.01. The van der Waals surface area contributed by atoms with Crippen LogP contribution in [-0.2, 0) is 19.1 Å². The summed E-state index contributed by atoms with van der Waals surface area (Å²) in [6, 6.07) is 0. The fourth-order valence-electron chi connectivity index (χ4n) is 2.97. The number of morpholine rings is 1. The molecule has 0 radical (unpaired) electrons. The van der Waals surface area contributed by atoms with Gasteiger partial charge < -0.3 is 19.5 Å². The van der Waals surface area contributed by atoms with Crippen LogP contribution in [0.5, 0.6) is 0 Å². The highest BCUT2D eigenvalue weighted by atomic mass is 16.5. The van der Waals surface area contributed by atoms with E-state index in [1.165, 1.54) is 6.42 Å². The number of aliphatic carboxylic acids is 1. The first kappa shape index (κ1) is 16.2. The van der Waals surface area contributed by atoms with Crippen molar-refractivity contribution in [3.8, 4) is 0 Å². The van der Waals surface area contributed by atoms with E-state index in [2.05, 4.69) is 0 Å². The van der Waals surface area contributed by atoms with E-state index in [0.29, 0.717) is 13.0 Å². The standard InChI is InChI=1S/C15H25NO5/c1-2-12(21-11-6-4-3-5-7-11)14(17)16-8-9-20-13(10-16)15(18)19/h11-13H,2-10H2,1H3,(H,18,19)/t12-,13-/m1/s1. The van der Waals surface area contributed by atoms with Gasteiger partial charge in [-0.3, -0.25) is 4.79 Å². The fourth-order valence-corrected chi connectivity index (χ4v) is 2.97. The monoisotopic (exact) mass is 299 g/mol. The van der Waals surface area contributed by atoms with Gasteiger partial charge in [0.2, 0.25) is 0 Å². The Morgan fingerprint density at radius 1 is 1.33 bits per heavy atom. The number of carbonyl (C=O) groups is 2. The summed E-state index contributed by atoms with van der Waals surface area (Å²) >= 11 is 0. The summed E-state index contributed by atoms with van der Waals surface area (Å²) in [5, 5.41) is 9.00. The molecule has 21 heavy (non-hydrogen) atoms. The summed E-state index contributed by atoms with van der Waals surface area (Å²) in [4.78, 5) is 25.1. The molecule has 0 aromatic rings. The number of amides is 1. The van der Waals surface area contributed by atoms with Crippen LogP contribution in [0.3, 0.4) is 0 Å². The SMILES string of the molecule is CC[C@@H](OC1CCCCC1)C(=O)N1CCO[C@@H](C(=O)O)C1. The van der Waals surface area contributed by atoms with Crippen LogP contribution in [0.25, 0.3) is 0 Å². The van der Waals surface area contributed by atoms with Crippen molar-refractivity contribution in [2.45, 2.75) is 63.8 Å². The van der Waals surface area contributed by atoms with Crippen molar-refractivity contribution >= 4 is 11.9 Å². The molecule has 0 aromatic carbocycles. The molecule has 2 aliphatic rings. The van der Waals surface area contributed by atoms with Gasteiger partial charge in [0.1, 0.15) is 6.10 Å². The van der Waals surface area contributed by atoms with Crippen LogP contribution in [0.2, 0.25) is 0 Å². The van der Waals surface area contributed by atoms with E-state index in [-0.39, 0.29) is 25.2 Å². The lowest BCUT2D eigenvalue weighted by atomic mass is 9.97. The molecule has 0 unspecified atom stereocenters. The molecular weight excluding hydrogens is 274 g/mol. The minimum Gasteiger partial charge on any atom is -0.479 e. The van der Waals surface area contributed by atoms with Gasteiger partial charge in [-0.2, -0.15) is 0 Å². The Bertz CT molecular complexity index is 367. The van der Waals surface area contributed by atoms with Crippen LogP contribution in [0, 0.1) is 0 Å². The van der Waals surface area contributed by atoms with Gasteiger partial charge in [0.15, 0.2) is 6.10 Å². The maximum Gasteiger partial charge on any atom is 0.334 e. The Labute approximate surface area is 125 Å². The van der Waals surface area contributed by atoms with Gasteiger partial charge in [0.05, 0.1) is 19.3 Å². The number of rotatable bonds is 5. The largest absolute Gasteiger partial charge is 0.479 e. The second-order valence-corrected chi connectivity index (χ2v) is 5.77. The Hall–Kier alpha value is -1.14. The van der Waals surface area contributed by atoms with E-state index in [1.807, 2.05) is 6.92 Å². The molecule has 1 saturated heterocycles. The molecule has 0 aromatic heterocycles. The average molecular weight is 299 g/mol. The second kappa shape index (κ2) is 7.75. The van der Waals surface area contributed by atoms with Crippen molar-refractivity contribution in [1.29, 1.82) is 0 Å². The smallest absolute Gasteiger partial charge is 0.334 e. The first-order valence-electron chi connectivity index (χ1n) is 7.90. The zero-order chi connectivity index (χ0) is 15.2. The zero-order valence-corrected chi connectivity index (χ0v) is 12.6. The lowest BCUT2D eigenvalue weighted by Gasteiger charge is -2.34. The molecular formula is C15H25NO5. The van der Waals surface area contributed by atoms with Gasteiger partial charge in [0, 0.05) is 6.54 Å². The number of hydrogen-bond acceptors (Lipinski definition) is 4. The Kier molecular flexibility index (Phi) is 5.99. The van der Waals surface area contributed by atoms with Gasteiger partial charge >= 0.3 is 5.97 Å². The van der Waals surface area contributed by atoms with Crippen LogP contribution >= 0.6 is 0 Å². The summed E-state index contributed by atoms with van der Waals surface area (Å²) in [6.45, 7) is 2.74.